The first-order chi connectivity index (χ1) is 6.63. The number of nitrogens with zero attached hydrogens (tertiary/aromatic N) is 1. The number of carbonyl (C=O) groups is 1. The third-order valence-electron chi connectivity index (χ3n) is 1.41. The van der Waals surface area contributed by atoms with Crippen LogP contribution in [0, 0.1) is 4.91 Å². The Morgan fingerprint density at radius 1 is 1.43 bits per heavy atom. The Labute approximate surface area is 90.2 Å². The highest BCUT2D eigenvalue weighted by molar-refractivity contribution is 6.36. The molecule has 0 saturated carbocycles. The average Bonchev–Trinajstić information content (AvgIpc) is 2.10. The number of carbonyl (C=O) groups excluding carboxylic acids is 1. The van der Waals surface area contributed by atoms with Crippen molar-refractivity contribution in [3.63, 3.8) is 0 Å². The molecule has 1 N–H and O–H groups in total. The van der Waals surface area contributed by atoms with Crippen LogP contribution in [0.3, 0.4) is 0 Å². The van der Waals surface area contributed by atoms with Gasteiger partial charge in [-0.15, -0.1) is 0 Å². The minimum absolute atomic E-state index is 0.316. The molecule has 74 valence electrons. The van der Waals surface area contributed by atoms with Gasteiger partial charge in [0.1, 0.15) is 0 Å². The molecule has 6 heteroatoms. The van der Waals surface area contributed by atoms with Gasteiger partial charge in [-0.2, -0.15) is 4.91 Å². The van der Waals surface area contributed by atoms with E-state index >= 15 is 0 Å². The standard InChI is InChI=1S/C8H6Cl2N2O2/c9-5-1-2-7(6(10)3-5)12-8(13)4-11-14/h1-3H,4H2,(H,12,13). The molecule has 0 aliphatic rings. The first-order valence-electron chi connectivity index (χ1n) is 3.67. The second kappa shape index (κ2) is 4.93. The van der Waals surface area contributed by atoms with Gasteiger partial charge >= 0.3 is 0 Å². The minimum Gasteiger partial charge on any atom is -0.323 e. The van der Waals surface area contributed by atoms with Gasteiger partial charge in [0, 0.05) is 5.02 Å². The van der Waals surface area contributed by atoms with Crippen molar-refractivity contribution < 1.29 is 4.79 Å². The maximum Gasteiger partial charge on any atom is 0.249 e. The zero-order valence-corrected chi connectivity index (χ0v) is 8.47. The molecular weight excluding hydrogens is 227 g/mol. The Balaban J connectivity index is 2.76. The predicted molar refractivity (Wildman–Crippen MR) is 55.8 cm³/mol. The molecule has 1 aromatic carbocycles. The molecule has 14 heavy (non-hydrogen) atoms. The van der Waals surface area contributed by atoms with E-state index in [4.69, 9.17) is 23.2 Å². The van der Waals surface area contributed by atoms with Gasteiger partial charge in [-0.25, -0.2) is 0 Å². The maximum atomic E-state index is 11.0. The molecule has 4 nitrogen and oxygen atoms in total. The van der Waals surface area contributed by atoms with E-state index < -0.39 is 12.5 Å². The smallest absolute Gasteiger partial charge is 0.249 e. The van der Waals surface area contributed by atoms with Gasteiger partial charge in [0.15, 0.2) is 6.54 Å². The van der Waals surface area contributed by atoms with Crippen LogP contribution in [0.5, 0.6) is 0 Å². The molecule has 0 saturated heterocycles. The van der Waals surface area contributed by atoms with Crippen molar-refractivity contribution in [2.45, 2.75) is 0 Å². The van der Waals surface area contributed by atoms with E-state index in [1.54, 1.807) is 12.1 Å². The maximum absolute atomic E-state index is 11.0. The fraction of sp³-hybridized carbons (Fsp3) is 0.125. The lowest BCUT2D eigenvalue weighted by Gasteiger charge is -2.04. The number of hydrogen-bond acceptors (Lipinski definition) is 3. The van der Waals surface area contributed by atoms with Crippen LogP contribution in [0.15, 0.2) is 23.4 Å². The Morgan fingerprint density at radius 3 is 2.71 bits per heavy atom. The summed E-state index contributed by atoms with van der Waals surface area (Å²) in [4.78, 5) is 20.7. The number of halogens is 2. The first-order valence-corrected chi connectivity index (χ1v) is 4.43. The molecular formula is C8H6Cl2N2O2. The molecule has 0 aliphatic heterocycles. The summed E-state index contributed by atoms with van der Waals surface area (Å²) < 4.78 is 0. The molecule has 0 heterocycles. The molecule has 1 amide bonds. The van der Waals surface area contributed by atoms with Crippen molar-refractivity contribution in [2.24, 2.45) is 5.18 Å². The van der Waals surface area contributed by atoms with E-state index in [9.17, 15) is 9.70 Å². The van der Waals surface area contributed by atoms with Gasteiger partial charge in [0.2, 0.25) is 5.91 Å². The zero-order valence-electron chi connectivity index (χ0n) is 6.96. The van der Waals surface area contributed by atoms with Crippen molar-refractivity contribution in [3.05, 3.63) is 33.2 Å². The Morgan fingerprint density at radius 2 is 2.14 bits per heavy atom. The molecule has 0 spiro atoms. The van der Waals surface area contributed by atoms with Crippen LogP contribution in [0.4, 0.5) is 5.69 Å². The highest BCUT2D eigenvalue weighted by atomic mass is 35.5. The molecule has 0 aliphatic carbocycles. The van der Waals surface area contributed by atoms with Crippen LogP contribution in [0.25, 0.3) is 0 Å². The third-order valence-corrected chi connectivity index (χ3v) is 1.96. The van der Waals surface area contributed by atoms with Crippen LogP contribution in [-0.2, 0) is 4.79 Å². The van der Waals surface area contributed by atoms with Crippen molar-refractivity contribution in [3.8, 4) is 0 Å². The van der Waals surface area contributed by atoms with E-state index in [-0.39, 0.29) is 0 Å². The molecule has 0 unspecified atom stereocenters. The van der Waals surface area contributed by atoms with Crippen LogP contribution >= 0.6 is 23.2 Å². The van der Waals surface area contributed by atoms with Crippen molar-refractivity contribution in [2.75, 3.05) is 11.9 Å². The minimum atomic E-state index is -0.510. The van der Waals surface area contributed by atoms with Crippen LogP contribution in [0.2, 0.25) is 10.0 Å². The summed E-state index contributed by atoms with van der Waals surface area (Å²) in [5.41, 5.74) is 0.407. The van der Waals surface area contributed by atoms with E-state index in [0.717, 1.165) is 0 Å². The zero-order chi connectivity index (χ0) is 10.6. The quantitative estimate of drug-likeness (QED) is 0.816. The van der Waals surface area contributed by atoms with E-state index in [1.165, 1.54) is 6.07 Å². The van der Waals surface area contributed by atoms with E-state index in [2.05, 4.69) is 10.5 Å². The lowest BCUT2D eigenvalue weighted by Crippen LogP contribution is -2.14. The summed E-state index contributed by atoms with van der Waals surface area (Å²) >= 11 is 11.4. The molecule has 0 atom stereocenters. The van der Waals surface area contributed by atoms with Gasteiger partial charge in [0.25, 0.3) is 0 Å². The lowest BCUT2D eigenvalue weighted by molar-refractivity contribution is -0.114. The van der Waals surface area contributed by atoms with Gasteiger partial charge < -0.3 is 5.32 Å². The Kier molecular flexibility index (Phi) is 3.85. The van der Waals surface area contributed by atoms with E-state index in [1.807, 2.05) is 0 Å². The fourth-order valence-corrected chi connectivity index (χ4v) is 1.29. The molecule has 1 rings (SSSR count). The summed E-state index contributed by atoms with van der Waals surface area (Å²) in [7, 11) is 0. The van der Waals surface area contributed by atoms with Gasteiger partial charge in [-0.3, -0.25) is 4.79 Å². The normalized spacial score (nSPS) is 9.57. The summed E-state index contributed by atoms with van der Waals surface area (Å²) in [6, 6.07) is 4.62. The number of rotatable bonds is 3. The molecule has 0 radical (unpaired) electrons. The van der Waals surface area contributed by atoms with Crippen molar-refractivity contribution in [1.82, 2.24) is 0 Å². The number of amides is 1. The summed E-state index contributed by atoms with van der Waals surface area (Å²) in [5, 5.41) is 5.65. The van der Waals surface area contributed by atoms with Gasteiger partial charge in [0.05, 0.1) is 10.7 Å². The average molecular weight is 233 g/mol. The molecule has 0 fully saturated rings. The molecule has 0 bridgehead atoms. The predicted octanol–water partition coefficient (Wildman–Crippen LogP) is 2.70. The molecule has 1 aromatic rings. The first kappa shape index (κ1) is 10.9. The number of benzene rings is 1. The fourth-order valence-electron chi connectivity index (χ4n) is 0.839. The summed E-state index contributed by atoms with van der Waals surface area (Å²) in [5.74, 6) is -0.510. The number of nitrogens with one attached hydrogen (secondary N) is 1. The van der Waals surface area contributed by atoms with Gasteiger partial charge in [-0.05, 0) is 18.2 Å². The SMILES string of the molecule is O=NCC(=O)Nc1ccc(Cl)cc1Cl. The highest BCUT2D eigenvalue weighted by Crippen LogP contribution is 2.25. The lowest BCUT2D eigenvalue weighted by atomic mass is 10.3. The Hall–Kier alpha value is -1.13. The largest absolute Gasteiger partial charge is 0.323 e. The van der Waals surface area contributed by atoms with Crippen LogP contribution in [0.1, 0.15) is 0 Å². The second-order valence-corrected chi connectivity index (χ2v) is 3.30. The number of anilines is 1. The van der Waals surface area contributed by atoms with Crippen LogP contribution < -0.4 is 5.32 Å². The van der Waals surface area contributed by atoms with Crippen LogP contribution in [-0.4, -0.2) is 12.5 Å². The molecule has 0 aromatic heterocycles. The monoisotopic (exact) mass is 232 g/mol. The topological polar surface area (TPSA) is 58.5 Å². The summed E-state index contributed by atoms with van der Waals surface area (Å²) in [6.45, 7) is -0.432. The highest BCUT2D eigenvalue weighted by Gasteiger charge is 2.05. The Bertz CT molecular complexity index is 368. The van der Waals surface area contributed by atoms with Crippen molar-refractivity contribution in [1.29, 1.82) is 0 Å². The third kappa shape index (κ3) is 2.97. The van der Waals surface area contributed by atoms with Crippen molar-refractivity contribution >= 4 is 34.8 Å². The number of hydrogen-bond donors (Lipinski definition) is 1. The second-order valence-electron chi connectivity index (χ2n) is 2.46. The van der Waals surface area contributed by atoms with E-state index in [0.29, 0.717) is 15.7 Å². The summed E-state index contributed by atoms with van der Waals surface area (Å²) in [6.07, 6.45) is 0. The number of nitroso groups, excluding NO2 is 1. The van der Waals surface area contributed by atoms with Gasteiger partial charge in [-0.1, -0.05) is 28.4 Å².